The van der Waals surface area contributed by atoms with Crippen molar-refractivity contribution in [1.29, 1.82) is 0 Å². The second-order valence-electron chi connectivity index (χ2n) is 6.88. The Labute approximate surface area is 144 Å². The van der Waals surface area contributed by atoms with Crippen molar-refractivity contribution in [2.45, 2.75) is 55.5 Å². The van der Waals surface area contributed by atoms with Gasteiger partial charge < -0.3 is 10.6 Å². The molecule has 2 N–H and O–H groups in total. The molecule has 3 atom stereocenters. The Morgan fingerprint density at radius 3 is 2.67 bits per heavy atom. The van der Waals surface area contributed by atoms with Crippen LogP contribution in [0.1, 0.15) is 38.5 Å². The summed E-state index contributed by atoms with van der Waals surface area (Å²) < 4.78 is 24.4. The fraction of sp³-hybridized carbons (Fsp3) is 0.611. The van der Waals surface area contributed by atoms with Crippen LogP contribution < -0.4 is 10.6 Å². The van der Waals surface area contributed by atoms with Crippen LogP contribution in [0.15, 0.2) is 35.2 Å². The van der Waals surface area contributed by atoms with Crippen LogP contribution in [0.25, 0.3) is 0 Å². The number of carbonyl (C=O) groups is 1. The van der Waals surface area contributed by atoms with Gasteiger partial charge in [-0.3, -0.25) is 4.79 Å². The summed E-state index contributed by atoms with van der Waals surface area (Å²) in [4.78, 5) is 12.6. The van der Waals surface area contributed by atoms with Gasteiger partial charge >= 0.3 is 0 Å². The fourth-order valence-electron chi connectivity index (χ4n) is 3.86. The molecule has 0 aromatic heterocycles. The number of carbonyl (C=O) groups excluding carboxylic acids is 1. The van der Waals surface area contributed by atoms with Crippen LogP contribution in [-0.2, 0) is 14.6 Å². The first-order valence-electron chi connectivity index (χ1n) is 8.88. The second kappa shape index (κ2) is 7.66. The lowest BCUT2D eigenvalue weighted by molar-refractivity contribution is -0.122. The Balaban J connectivity index is 1.41. The van der Waals surface area contributed by atoms with E-state index in [0.29, 0.717) is 29.8 Å². The molecule has 24 heavy (non-hydrogen) atoms. The molecule has 2 fully saturated rings. The van der Waals surface area contributed by atoms with Gasteiger partial charge in [-0.25, -0.2) is 8.42 Å². The van der Waals surface area contributed by atoms with Crippen molar-refractivity contribution < 1.29 is 13.2 Å². The van der Waals surface area contributed by atoms with E-state index in [4.69, 9.17) is 0 Å². The summed E-state index contributed by atoms with van der Waals surface area (Å²) in [5.74, 6) is 0.704. The van der Waals surface area contributed by atoms with E-state index in [1.54, 1.807) is 30.3 Å². The van der Waals surface area contributed by atoms with Crippen molar-refractivity contribution in [3.8, 4) is 0 Å². The van der Waals surface area contributed by atoms with E-state index in [1.165, 1.54) is 25.7 Å². The van der Waals surface area contributed by atoms with Crippen molar-refractivity contribution in [2.24, 2.45) is 5.92 Å². The van der Waals surface area contributed by atoms with E-state index in [1.807, 2.05) is 0 Å². The third-order valence-corrected chi connectivity index (χ3v) is 6.99. The molecule has 1 aromatic carbocycles. The molecule has 3 rings (SSSR count). The van der Waals surface area contributed by atoms with Crippen molar-refractivity contribution >= 4 is 15.7 Å². The molecule has 0 radical (unpaired) electrons. The first-order valence-corrected chi connectivity index (χ1v) is 10.5. The van der Waals surface area contributed by atoms with E-state index in [2.05, 4.69) is 10.6 Å². The van der Waals surface area contributed by atoms with E-state index >= 15 is 0 Å². The Morgan fingerprint density at radius 2 is 1.92 bits per heavy atom. The van der Waals surface area contributed by atoms with Crippen LogP contribution in [0.4, 0.5) is 0 Å². The number of sulfone groups is 1. The van der Waals surface area contributed by atoms with Gasteiger partial charge in [-0.2, -0.15) is 0 Å². The topological polar surface area (TPSA) is 75.3 Å². The zero-order chi connectivity index (χ0) is 17.0. The lowest BCUT2D eigenvalue weighted by atomic mass is 9.85. The van der Waals surface area contributed by atoms with Gasteiger partial charge in [0.2, 0.25) is 5.91 Å². The molecule has 5 nitrogen and oxygen atoms in total. The predicted molar refractivity (Wildman–Crippen MR) is 93.4 cm³/mol. The third kappa shape index (κ3) is 4.16. The zero-order valence-corrected chi connectivity index (χ0v) is 14.7. The van der Waals surface area contributed by atoms with Crippen molar-refractivity contribution in [1.82, 2.24) is 10.6 Å². The highest BCUT2D eigenvalue weighted by molar-refractivity contribution is 7.91. The summed E-state index contributed by atoms with van der Waals surface area (Å²) in [6.45, 7) is 0.401. The average molecular weight is 350 g/mol. The summed E-state index contributed by atoms with van der Waals surface area (Å²) in [6.07, 6.45) is 6.26. The maximum Gasteiger partial charge on any atom is 0.237 e. The van der Waals surface area contributed by atoms with Crippen molar-refractivity contribution in [3.05, 3.63) is 30.3 Å². The minimum absolute atomic E-state index is 0.0153. The maximum atomic E-state index is 12.3. The van der Waals surface area contributed by atoms with Gasteiger partial charge in [-0.05, 0) is 43.7 Å². The number of rotatable bonds is 6. The standard InChI is InChI=1S/C18H26N2O3S/c21-18(17-13-14-7-4-5-10-16(14)20-17)19-11-6-12-24(22,23)15-8-2-1-3-9-15/h1-3,8-9,14,16-17,20H,4-7,10-13H2,(H,19,21). The molecule has 1 saturated heterocycles. The smallest absolute Gasteiger partial charge is 0.237 e. The van der Waals surface area contributed by atoms with Gasteiger partial charge in [0, 0.05) is 12.6 Å². The second-order valence-corrected chi connectivity index (χ2v) is 8.99. The number of amides is 1. The lowest BCUT2D eigenvalue weighted by Crippen LogP contribution is -2.43. The zero-order valence-electron chi connectivity index (χ0n) is 13.9. The molecule has 1 saturated carbocycles. The largest absolute Gasteiger partial charge is 0.355 e. The summed E-state index contributed by atoms with van der Waals surface area (Å²) in [5, 5.41) is 6.34. The van der Waals surface area contributed by atoms with Gasteiger partial charge in [0.1, 0.15) is 0 Å². The van der Waals surface area contributed by atoms with Crippen LogP contribution >= 0.6 is 0 Å². The average Bonchev–Trinajstić information content (AvgIpc) is 3.03. The Hall–Kier alpha value is -1.40. The molecule has 2 aliphatic rings. The van der Waals surface area contributed by atoms with Crippen molar-refractivity contribution in [2.75, 3.05) is 12.3 Å². The Bertz CT molecular complexity index is 646. The molecular weight excluding hydrogens is 324 g/mol. The molecule has 1 amide bonds. The van der Waals surface area contributed by atoms with Crippen LogP contribution in [0.2, 0.25) is 0 Å². The van der Waals surface area contributed by atoms with Gasteiger partial charge in [0.25, 0.3) is 0 Å². The third-order valence-electron chi connectivity index (χ3n) is 5.17. The summed E-state index contributed by atoms with van der Waals surface area (Å²) in [5.41, 5.74) is 0. The monoisotopic (exact) mass is 350 g/mol. The summed E-state index contributed by atoms with van der Waals surface area (Å²) >= 11 is 0. The van der Waals surface area contributed by atoms with Gasteiger partial charge in [0.05, 0.1) is 16.7 Å². The molecule has 0 spiro atoms. The van der Waals surface area contributed by atoms with E-state index < -0.39 is 9.84 Å². The maximum absolute atomic E-state index is 12.3. The fourth-order valence-corrected chi connectivity index (χ4v) is 5.20. The first-order chi connectivity index (χ1) is 11.6. The highest BCUT2D eigenvalue weighted by Gasteiger charge is 2.37. The highest BCUT2D eigenvalue weighted by atomic mass is 32.2. The summed E-state index contributed by atoms with van der Waals surface area (Å²) in [6, 6.07) is 8.85. The molecule has 1 aliphatic carbocycles. The molecule has 1 aliphatic heterocycles. The number of benzene rings is 1. The molecule has 3 unspecified atom stereocenters. The van der Waals surface area contributed by atoms with Gasteiger partial charge in [0.15, 0.2) is 9.84 Å². The minimum atomic E-state index is -3.26. The number of hydrogen-bond acceptors (Lipinski definition) is 4. The molecule has 0 bridgehead atoms. The van der Waals surface area contributed by atoms with Gasteiger partial charge in [-0.1, -0.05) is 31.0 Å². The number of nitrogens with one attached hydrogen (secondary N) is 2. The molecule has 132 valence electrons. The van der Waals surface area contributed by atoms with Crippen LogP contribution in [0, 0.1) is 5.92 Å². The minimum Gasteiger partial charge on any atom is -0.355 e. The van der Waals surface area contributed by atoms with Crippen LogP contribution in [-0.4, -0.2) is 38.7 Å². The van der Waals surface area contributed by atoms with E-state index in [9.17, 15) is 13.2 Å². The Morgan fingerprint density at radius 1 is 1.17 bits per heavy atom. The predicted octanol–water partition coefficient (Wildman–Crippen LogP) is 1.89. The summed E-state index contributed by atoms with van der Waals surface area (Å²) in [7, 11) is -3.26. The molecule has 6 heteroatoms. The highest BCUT2D eigenvalue weighted by Crippen LogP contribution is 2.33. The molecular formula is C18H26N2O3S. The van der Waals surface area contributed by atoms with E-state index in [-0.39, 0.29) is 17.7 Å². The normalized spacial score (nSPS) is 26.8. The Kier molecular flexibility index (Phi) is 5.56. The van der Waals surface area contributed by atoms with Crippen molar-refractivity contribution in [3.63, 3.8) is 0 Å². The van der Waals surface area contributed by atoms with Crippen LogP contribution in [0.5, 0.6) is 0 Å². The molecule has 1 aromatic rings. The number of fused-ring (bicyclic) bond motifs is 1. The van der Waals surface area contributed by atoms with Crippen LogP contribution in [0.3, 0.4) is 0 Å². The van der Waals surface area contributed by atoms with E-state index in [0.717, 1.165) is 6.42 Å². The SMILES string of the molecule is O=C(NCCCS(=O)(=O)c1ccccc1)C1CC2CCCCC2N1. The molecule has 1 heterocycles. The lowest BCUT2D eigenvalue weighted by Gasteiger charge is -2.24. The number of hydrogen-bond donors (Lipinski definition) is 2. The van der Waals surface area contributed by atoms with Gasteiger partial charge in [-0.15, -0.1) is 0 Å². The first kappa shape index (κ1) is 17.4. The quantitative estimate of drug-likeness (QED) is 0.768.